The minimum atomic E-state index is -3.95. The number of hydrogen-bond acceptors (Lipinski definition) is 8. The largest absolute Gasteiger partial charge is 0.444 e. The summed E-state index contributed by atoms with van der Waals surface area (Å²) in [4.78, 5) is 27.9. The Morgan fingerprint density at radius 1 is 1.43 bits per heavy atom. The Hall–Kier alpha value is -2.69. The van der Waals surface area contributed by atoms with Gasteiger partial charge in [0.2, 0.25) is 9.84 Å². The Bertz CT molecular complexity index is 1020. The van der Waals surface area contributed by atoms with Gasteiger partial charge in [-0.25, -0.2) is 13.2 Å². The molecule has 3 rings (SSSR count). The summed E-state index contributed by atoms with van der Waals surface area (Å²) in [7, 11) is -3.95. The molecule has 1 amide bonds. The maximum absolute atomic E-state index is 12.8. The van der Waals surface area contributed by atoms with Crippen molar-refractivity contribution in [3.05, 3.63) is 28.3 Å². The van der Waals surface area contributed by atoms with E-state index in [1.165, 1.54) is 17.0 Å². The highest BCUT2D eigenvalue weighted by Crippen LogP contribution is 2.27. The number of benzene rings is 1. The van der Waals surface area contributed by atoms with Gasteiger partial charge in [-0.15, -0.1) is 0 Å². The van der Waals surface area contributed by atoms with E-state index in [2.05, 4.69) is 4.98 Å². The van der Waals surface area contributed by atoms with Crippen LogP contribution < -0.4 is 0 Å². The maximum Gasteiger partial charge on any atom is 0.410 e. The van der Waals surface area contributed by atoms with Gasteiger partial charge in [0.05, 0.1) is 10.7 Å². The Labute approximate surface area is 161 Å². The van der Waals surface area contributed by atoms with Crippen molar-refractivity contribution in [3.63, 3.8) is 0 Å². The van der Waals surface area contributed by atoms with Crippen molar-refractivity contribution in [1.82, 2.24) is 9.88 Å². The third-order valence-electron chi connectivity index (χ3n) is 4.25. The second kappa shape index (κ2) is 7.04. The van der Waals surface area contributed by atoms with Crippen LogP contribution in [0.5, 0.6) is 0 Å². The van der Waals surface area contributed by atoms with Gasteiger partial charge < -0.3 is 14.1 Å². The molecular formula is C17H21N3O7S. The maximum atomic E-state index is 12.8. The van der Waals surface area contributed by atoms with Gasteiger partial charge in [-0.05, 0) is 39.7 Å². The Morgan fingerprint density at radius 3 is 2.79 bits per heavy atom. The van der Waals surface area contributed by atoms with Gasteiger partial charge in [0, 0.05) is 24.7 Å². The number of ether oxygens (including phenoxy) is 1. The monoisotopic (exact) mass is 411 g/mol. The lowest BCUT2D eigenvalue weighted by atomic mass is 10.2. The number of amides is 1. The van der Waals surface area contributed by atoms with Crippen LogP contribution in [0.15, 0.2) is 27.8 Å². The lowest BCUT2D eigenvalue weighted by Crippen LogP contribution is -2.42. The fraction of sp³-hybridized carbons (Fsp3) is 0.529. The van der Waals surface area contributed by atoms with Crippen LogP contribution in [0.1, 0.15) is 33.6 Å². The summed E-state index contributed by atoms with van der Waals surface area (Å²) in [6, 6.07) is 3.12. The van der Waals surface area contributed by atoms with E-state index >= 15 is 0 Å². The Morgan fingerprint density at radius 2 is 2.14 bits per heavy atom. The van der Waals surface area contributed by atoms with Gasteiger partial charge >= 0.3 is 11.3 Å². The fourth-order valence-electron chi connectivity index (χ4n) is 3.04. The molecule has 0 saturated carbocycles. The van der Waals surface area contributed by atoms with Crippen molar-refractivity contribution < 1.29 is 27.3 Å². The van der Waals surface area contributed by atoms with E-state index in [9.17, 15) is 23.3 Å². The topological polar surface area (TPSA) is 133 Å². The predicted octanol–water partition coefficient (Wildman–Crippen LogP) is 2.91. The standard InChI is InChI=1S/C17H21N3O7S/c1-17(2,3)27-16(21)19-8-4-5-12(19)10-28(24,25)15-18-13-9-11(20(22)23)6-7-14(13)26-15/h6-7,9,12H,4-5,8,10H2,1-3H3. The van der Waals surface area contributed by atoms with E-state index in [1.807, 2.05) is 0 Å². The number of oxazole rings is 1. The van der Waals surface area contributed by atoms with Crippen molar-refractivity contribution in [1.29, 1.82) is 0 Å². The quantitative estimate of drug-likeness (QED) is 0.554. The van der Waals surface area contributed by atoms with Crippen molar-refractivity contribution in [2.24, 2.45) is 0 Å². The number of sulfone groups is 1. The smallest absolute Gasteiger partial charge is 0.410 e. The zero-order valence-corrected chi connectivity index (χ0v) is 16.6. The van der Waals surface area contributed by atoms with E-state index in [4.69, 9.17) is 9.15 Å². The molecular weight excluding hydrogens is 390 g/mol. The first-order chi connectivity index (χ1) is 13.0. The van der Waals surface area contributed by atoms with Gasteiger partial charge in [0.1, 0.15) is 11.1 Å². The molecule has 1 atom stereocenters. The highest BCUT2D eigenvalue weighted by Gasteiger charge is 2.37. The van der Waals surface area contributed by atoms with E-state index in [0.717, 1.165) is 6.07 Å². The van der Waals surface area contributed by atoms with Crippen LogP contribution in [-0.4, -0.2) is 53.3 Å². The van der Waals surface area contributed by atoms with Gasteiger partial charge in [0.25, 0.3) is 5.69 Å². The number of carbonyl (C=O) groups is 1. The zero-order valence-electron chi connectivity index (χ0n) is 15.7. The van der Waals surface area contributed by atoms with Gasteiger partial charge in [-0.3, -0.25) is 10.1 Å². The van der Waals surface area contributed by atoms with Crippen molar-refractivity contribution in [2.75, 3.05) is 12.3 Å². The molecule has 28 heavy (non-hydrogen) atoms. The summed E-state index contributed by atoms with van der Waals surface area (Å²) in [6.45, 7) is 5.63. The molecule has 1 fully saturated rings. The number of rotatable bonds is 4. The summed E-state index contributed by atoms with van der Waals surface area (Å²) >= 11 is 0. The number of hydrogen-bond donors (Lipinski definition) is 0. The SMILES string of the molecule is CC(C)(C)OC(=O)N1CCCC1CS(=O)(=O)c1nc2cc([N+](=O)[O-])ccc2o1. The van der Waals surface area contributed by atoms with Gasteiger partial charge in [-0.2, -0.15) is 4.98 Å². The summed E-state index contributed by atoms with van der Waals surface area (Å²) in [5.41, 5.74) is -0.669. The molecule has 1 unspecified atom stereocenters. The summed E-state index contributed by atoms with van der Waals surface area (Å²) < 4.78 is 36.2. The van der Waals surface area contributed by atoms with Crippen LogP contribution in [0, 0.1) is 10.1 Å². The number of carbonyl (C=O) groups excluding carboxylic acids is 1. The van der Waals surface area contributed by atoms with E-state index < -0.39 is 37.7 Å². The highest BCUT2D eigenvalue weighted by molar-refractivity contribution is 7.91. The number of fused-ring (bicyclic) bond motifs is 1. The molecule has 152 valence electrons. The molecule has 0 spiro atoms. The molecule has 0 bridgehead atoms. The molecule has 1 aromatic carbocycles. The minimum absolute atomic E-state index is 0.0863. The molecule has 11 heteroatoms. The summed E-state index contributed by atoms with van der Waals surface area (Å²) in [5, 5.41) is 10.3. The van der Waals surface area contributed by atoms with E-state index in [-0.39, 0.29) is 22.5 Å². The number of nitro benzene ring substituents is 1. The van der Waals surface area contributed by atoms with Crippen molar-refractivity contribution in [3.8, 4) is 0 Å². The first kappa shape index (κ1) is 20.1. The first-order valence-electron chi connectivity index (χ1n) is 8.74. The molecule has 1 aliphatic heterocycles. The van der Waals surface area contributed by atoms with Crippen molar-refractivity contribution >= 4 is 32.7 Å². The van der Waals surface area contributed by atoms with Gasteiger partial charge in [0.15, 0.2) is 5.58 Å². The average Bonchev–Trinajstić information content (AvgIpc) is 3.18. The second-order valence-electron chi connectivity index (χ2n) is 7.64. The van der Waals surface area contributed by atoms with E-state index in [0.29, 0.717) is 19.4 Å². The number of nitrogens with zero attached hydrogens (tertiary/aromatic N) is 3. The Balaban J connectivity index is 1.82. The second-order valence-corrected chi connectivity index (χ2v) is 9.55. The fourth-order valence-corrected chi connectivity index (χ4v) is 4.49. The van der Waals surface area contributed by atoms with Gasteiger partial charge in [-0.1, -0.05) is 0 Å². The number of aromatic nitrogens is 1. The van der Waals surface area contributed by atoms with E-state index in [1.54, 1.807) is 20.8 Å². The molecule has 0 aliphatic carbocycles. The third kappa shape index (κ3) is 4.24. The lowest BCUT2D eigenvalue weighted by molar-refractivity contribution is -0.384. The van der Waals surface area contributed by atoms with Crippen molar-refractivity contribution in [2.45, 2.75) is 50.5 Å². The zero-order chi connectivity index (χ0) is 20.7. The third-order valence-corrected chi connectivity index (χ3v) is 5.78. The van der Waals surface area contributed by atoms with Crippen LogP contribution >= 0.6 is 0 Å². The molecule has 1 saturated heterocycles. The molecule has 1 aromatic heterocycles. The molecule has 0 radical (unpaired) electrons. The lowest BCUT2D eigenvalue weighted by Gasteiger charge is -2.28. The normalized spacial score (nSPS) is 17.8. The number of non-ortho nitro benzene ring substituents is 1. The molecule has 2 heterocycles. The minimum Gasteiger partial charge on any atom is -0.444 e. The van der Waals surface area contributed by atoms with Crippen LogP contribution in [0.4, 0.5) is 10.5 Å². The molecule has 1 aliphatic rings. The number of nitro groups is 1. The average molecular weight is 411 g/mol. The Kier molecular flexibility index (Phi) is 5.04. The molecule has 10 nitrogen and oxygen atoms in total. The van der Waals surface area contributed by atoms with Crippen LogP contribution in [0.2, 0.25) is 0 Å². The predicted molar refractivity (Wildman–Crippen MR) is 98.7 cm³/mol. The first-order valence-corrected chi connectivity index (χ1v) is 10.4. The number of likely N-dealkylation sites (tertiary alicyclic amines) is 1. The molecule has 0 N–H and O–H groups in total. The highest BCUT2D eigenvalue weighted by atomic mass is 32.2. The summed E-state index contributed by atoms with van der Waals surface area (Å²) in [6.07, 6.45) is 0.627. The summed E-state index contributed by atoms with van der Waals surface area (Å²) in [5.74, 6) is -0.360. The van der Waals surface area contributed by atoms with Crippen LogP contribution in [0.25, 0.3) is 11.1 Å². The van der Waals surface area contributed by atoms with Crippen LogP contribution in [-0.2, 0) is 14.6 Å². The molecule has 2 aromatic rings. The van der Waals surface area contributed by atoms with Crippen LogP contribution in [0.3, 0.4) is 0 Å².